The number of halogens is 1. The average molecular weight is 341 g/mol. The molecule has 1 N–H and O–H groups in total. The first-order valence-corrected chi connectivity index (χ1v) is 8.73. The Labute approximate surface area is 148 Å². The van der Waals surface area contributed by atoms with Crippen LogP contribution in [0.4, 0.5) is 20.6 Å². The van der Waals surface area contributed by atoms with Gasteiger partial charge in [0.15, 0.2) is 0 Å². The van der Waals surface area contributed by atoms with Gasteiger partial charge in [-0.3, -0.25) is 0 Å². The van der Waals surface area contributed by atoms with Crippen LogP contribution >= 0.6 is 0 Å². The number of carbonyl (C=O) groups is 1. The third-order valence-electron chi connectivity index (χ3n) is 4.68. The molecule has 0 atom stereocenters. The maximum absolute atomic E-state index is 12.9. The summed E-state index contributed by atoms with van der Waals surface area (Å²) in [5, 5.41) is 2.83. The quantitative estimate of drug-likeness (QED) is 0.914. The summed E-state index contributed by atoms with van der Waals surface area (Å²) in [6, 6.07) is 12.1. The predicted molar refractivity (Wildman–Crippen MR) is 99.8 cm³/mol. The SMILES string of the molecule is CCc1cccc(C)c1N1CCN(C(=O)Nc2ccc(F)cc2)CC1. The number of hydrogen-bond donors (Lipinski definition) is 1. The highest BCUT2D eigenvalue weighted by molar-refractivity contribution is 5.89. The van der Waals surface area contributed by atoms with E-state index in [9.17, 15) is 9.18 Å². The smallest absolute Gasteiger partial charge is 0.321 e. The van der Waals surface area contributed by atoms with Gasteiger partial charge in [-0.1, -0.05) is 25.1 Å². The number of para-hydroxylation sites is 1. The first kappa shape index (κ1) is 17.3. The zero-order chi connectivity index (χ0) is 17.8. The number of rotatable bonds is 3. The van der Waals surface area contributed by atoms with Crippen molar-refractivity contribution in [1.82, 2.24) is 4.90 Å². The topological polar surface area (TPSA) is 35.6 Å². The van der Waals surface area contributed by atoms with Crippen LogP contribution < -0.4 is 10.2 Å². The van der Waals surface area contributed by atoms with Gasteiger partial charge in [0.05, 0.1) is 0 Å². The van der Waals surface area contributed by atoms with Crippen molar-refractivity contribution in [2.45, 2.75) is 20.3 Å². The fourth-order valence-corrected chi connectivity index (χ4v) is 3.33. The monoisotopic (exact) mass is 341 g/mol. The second kappa shape index (κ2) is 7.55. The summed E-state index contributed by atoms with van der Waals surface area (Å²) in [7, 11) is 0. The Bertz CT molecular complexity index is 737. The minimum Gasteiger partial charge on any atom is -0.368 e. The van der Waals surface area contributed by atoms with Crippen LogP contribution in [0.15, 0.2) is 42.5 Å². The minimum atomic E-state index is -0.309. The molecule has 0 unspecified atom stereocenters. The van der Waals surface area contributed by atoms with Gasteiger partial charge < -0.3 is 15.1 Å². The Balaban J connectivity index is 1.62. The Hall–Kier alpha value is -2.56. The molecule has 1 saturated heterocycles. The first-order chi connectivity index (χ1) is 12.1. The van der Waals surface area contributed by atoms with Crippen LogP contribution in [0.1, 0.15) is 18.1 Å². The first-order valence-electron chi connectivity index (χ1n) is 8.73. The van der Waals surface area contributed by atoms with E-state index in [1.807, 2.05) is 4.90 Å². The van der Waals surface area contributed by atoms with Crippen molar-refractivity contribution in [2.24, 2.45) is 0 Å². The Morgan fingerprint density at radius 3 is 2.40 bits per heavy atom. The molecule has 0 aliphatic carbocycles. The number of nitrogens with one attached hydrogen (secondary N) is 1. The molecule has 0 spiro atoms. The highest BCUT2D eigenvalue weighted by atomic mass is 19.1. The average Bonchev–Trinajstić information content (AvgIpc) is 2.63. The number of anilines is 2. The maximum Gasteiger partial charge on any atom is 0.321 e. The molecular formula is C20H24FN3O. The van der Waals surface area contributed by atoms with E-state index in [0.717, 1.165) is 19.5 Å². The van der Waals surface area contributed by atoms with Gasteiger partial charge >= 0.3 is 6.03 Å². The van der Waals surface area contributed by atoms with Gasteiger partial charge in [-0.05, 0) is 48.7 Å². The summed E-state index contributed by atoms with van der Waals surface area (Å²) in [6.45, 7) is 7.28. The highest BCUT2D eigenvalue weighted by Crippen LogP contribution is 2.27. The summed E-state index contributed by atoms with van der Waals surface area (Å²) in [5.74, 6) is -0.309. The van der Waals surface area contributed by atoms with Gasteiger partial charge in [0, 0.05) is 37.6 Å². The fraction of sp³-hybridized carbons (Fsp3) is 0.350. The summed E-state index contributed by atoms with van der Waals surface area (Å²) in [6.07, 6.45) is 1.00. The number of piperazine rings is 1. The van der Waals surface area contributed by atoms with Gasteiger partial charge in [0.25, 0.3) is 0 Å². The largest absolute Gasteiger partial charge is 0.368 e. The lowest BCUT2D eigenvalue weighted by molar-refractivity contribution is 0.208. The maximum atomic E-state index is 12.9. The van der Waals surface area contributed by atoms with Crippen LogP contribution in [0.3, 0.4) is 0 Å². The van der Waals surface area contributed by atoms with Gasteiger partial charge in [-0.15, -0.1) is 0 Å². The molecule has 0 radical (unpaired) electrons. The summed E-state index contributed by atoms with van der Waals surface area (Å²) < 4.78 is 12.9. The molecular weight excluding hydrogens is 317 g/mol. The third kappa shape index (κ3) is 3.92. The molecule has 1 fully saturated rings. The molecule has 5 heteroatoms. The zero-order valence-electron chi connectivity index (χ0n) is 14.8. The van der Waals surface area contributed by atoms with Crippen molar-refractivity contribution in [3.05, 3.63) is 59.4 Å². The molecule has 2 aromatic rings. The van der Waals surface area contributed by atoms with E-state index < -0.39 is 0 Å². The van der Waals surface area contributed by atoms with E-state index in [4.69, 9.17) is 0 Å². The van der Waals surface area contributed by atoms with Gasteiger partial charge in [0.1, 0.15) is 5.82 Å². The number of hydrogen-bond acceptors (Lipinski definition) is 2. The molecule has 2 aromatic carbocycles. The molecule has 1 aliphatic rings. The molecule has 25 heavy (non-hydrogen) atoms. The van der Waals surface area contributed by atoms with E-state index in [1.165, 1.54) is 28.9 Å². The number of urea groups is 1. The number of aryl methyl sites for hydroxylation is 2. The lowest BCUT2D eigenvalue weighted by Crippen LogP contribution is -2.50. The number of benzene rings is 2. The number of carbonyl (C=O) groups excluding carboxylic acids is 1. The molecule has 3 rings (SSSR count). The van der Waals surface area contributed by atoms with Crippen LogP contribution in [0.25, 0.3) is 0 Å². The van der Waals surface area contributed by atoms with Crippen LogP contribution in [-0.4, -0.2) is 37.1 Å². The standard InChI is InChI=1S/C20H24FN3O/c1-3-16-6-4-5-15(2)19(16)23-11-13-24(14-12-23)20(25)22-18-9-7-17(21)8-10-18/h4-10H,3,11-14H2,1-2H3,(H,22,25). The lowest BCUT2D eigenvalue weighted by atomic mass is 10.0. The second-order valence-corrected chi connectivity index (χ2v) is 6.35. The van der Waals surface area contributed by atoms with Crippen molar-refractivity contribution in [3.63, 3.8) is 0 Å². The van der Waals surface area contributed by atoms with Crippen molar-refractivity contribution in [3.8, 4) is 0 Å². The number of nitrogens with zero attached hydrogens (tertiary/aromatic N) is 2. The third-order valence-corrected chi connectivity index (χ3v) is 4.68. The Morgan fingerprint density at radius 1 is 1.08 bits per heavy atom. The second-order valence-electron chi connectivity index (χ2n) is 6.35. The van der Waals surface area contributed by atoms with Crippen LogP contribution in [0.5, 0.6) is 0 Å². The zero-order valence-corrected chi connectivity index (χ0v) is 14.8. The normalized spacial score (nSPS) is 14.5. The fourth-order valence-electron chi connectivity index (χ4n) is 3.33. The van der Waals surface area contributed by atoms with E-state index in [1.54, 1.807) is 12.1 Å². The highest BCUT2D eigenvalue weighted by Gasteiger charge is 2.23. The van der Waals surface area contributed by atoms with Crippen LogP contribution in [-0.2, 0) is 6.42 Å². The van der Waals surface area contributed by atoms with Gasteiger partial charge in [-0.25, -0.2) is 9.18 Å². The van der Waals surface area contributed by atoms with E-state index in [0.29, 0.717) is 18.8 Å². The van der Waals surface area contributed by atoms with Crippen molar-refractivity contribution in [1.29, 1.82) is 0 Å². The van der Waals surface area contributed by atoms with Crippen LogP contribution in [0, 0.1) is 12.7 Å². The molecule has 132 valence electrons. The van der Waals surface area contributed by atoms with Gasteiger partial charge in [0.2, 0.25) is 0 Å². The summed E-state index contributed by atoms with van der Waals surface area (Å²) >= 11 is 0. The Kier molecular flexibility index (Phi) is 5.22. The summed E-state index contributed by atoms with van der Waals surface area (Å²) in [5.41, 5.74) is 4.55. The van der Waals surface area contributed by atoms with Gasteiger partial charge in [-0.2, -0.15) is 0 Å². The molecule has 2 amide bonds. The Morgan fingerprint density at radius 2 is 1.76 bits per heavy atom. The van der Waals surface area contributed by atoms with E-state index in [2.05, 4.69) is 42.3 Å². The minimum absolute atomic E-state index is 0.133. The molecule has 1 aliphatic heterocycles. The van der Waals surface area contributed by atoms with Crippen molar-refractivity contribution >= 4 is 17.4 Å². The van der Waals surface area contributed by atoms with Crippen molar-refractivity contribution < 1.29 is 9.18 Å². The molecule has 0 aromatic heterocycles. The molecule has 1 heterocycles. The lowest BCUT2D eigenvalue weighted by Gasteiger charge is -2.37. The number of amides is 2. The van der Waals surface area contributed by atoms with Crippen LogP contribution in [0.2, 0.25) is 0 Å². The van der Waals surface area contributed by atoms with E-state index >= 15 is 0 Å². The summed E-state index contributed by atoms with van der Waals surface area (Å²) in [4.78, 5) is 16.6. The van der Waals surface area contributed by atoms with E-state index in [-0.39, 0.29) is 11.8 Å². The predicted octanol–water partition coefficient (Wildman–Crippen LogP) is 4.05. The van der Waals surface area contributed by atoms with Crippen molar-refractivity contribution in [2.75, 3.05) is 36.4 Å². The molecule has 0 bridgehead atoms. The molecule has 0 saturated carbocycles. The molecule has 4 nitrogen and oxygen atoms in total.